The van der Waals surface area contributed by atoms with Gasteiger partial charge in [-0.3, -0.25) is 0 Å². The molecule has 1 atom stereocenters. The summed E-state index contributed by atoms with van der Waals surface area (Å²) in [5, 5.41) is 0.913. The van der Waals surface area contributed by atoms with Crippen LogP contribution in [-0.4, -0.2) is 0 Å². The van der Waals surface area contributed by atoms with E-state index in [1.807, 2.05) is 6.07 Å². The van der Waals surface area contributed by atoms with Gasteiger partial charge in [0, 0.05) is 22.0 Å². The molecule has 1 heterocycles. The van der Waals surface area contributed by atoms with Crippen molar-refractivity contribution in [2.45, 2.75) is 18.9 Å². The van der Waals surface area contributed by atoms with Crippen LogP contribution < -0.4 is 5.73 Å². The molecule has 2 N–H and O–H groups in total. The summed E-state index contributed by atoms with van der Waals surface area (Å²) >= 11 is 1.60. The van der Waals surface area contributed by atoms with Crippen molar-refractivity contribution < 1.29 is 4.39 Å². The first-order valence-corrected chi connectivity index (χ1v) is 5.90. The number of hydrogen-bond donors (Lipinski definition) is 1. The van der Waals surface area contributed by atoms with Gasteiger partial charge >= 0.3 is 0 Å². The summed E-state index contributed by atoms with van der Waals surface area (Å²) in [4.78, 5) is 1.07. The lowest BCUT2D eigenvalue weighted by Gasteiger charge is -2.05. The Kier molecular flexibility index (Phi) is 3.23. The predicted molar refractivity (Wildman–Crippen MR) is 66.8 cm³/mol. The van der Waals surface area contributed by atoms with Crippen LogP contribution >= 0.6 is 11.3 Å². The summed E-state index contributed by atoms with van der Waals surface area (Å²) in [6.45, 7) is 0. The molecule has 0 aliphatic rings. The molecule has 1 nitrogen and oxygen atoms in total. The van der Waals surface area contributed by atoms with Gasteiger partial charge in [-0.25, -0.2) is 4.39 Å². The van der Waals surface area contributed by atoms with Gasteiger partial charge in [0.15, 0.2) is 0 Å². The Morgan fingerprint density at radius 3 is 3.00 bits per heavy atom. The zero-order chi connectivity index (χ0) is 11.5. The molecule has 0 aliphatic carbocycles. The molecule has 0 fully saturated rings. The van der Waals surface area contributed by atoms with E-state index >= 15 is 0 Å². The first kappa shape index (κ1) is 11.1. The molecule has 1 aromatic heterocycles. The largest absolute Gasteiger partial charge is 0.323 e. The zero-order valence-electron chi connectivity index (χ0n) is 8.74. The number of benzene rings is 1. The van der Waals surface area contributed by atoms with Crippen LogP contribution in [0.1, 0.15) is 23.8 Å². The van der Waals surface area contributed by atoms with E-state index in [1.165, 1.54) is 12.1 Å². The highest BCUT2D eigenvalue weighted by atomic mass is 32.1. The number of fused-ring (bicyclic) bond motifs is 1. The Bertz CT molecular complexity index is 538. The maximum atomic E-state index is 13.0. The Morgan fingerprint density at radius 2 is 2.25 bits per heavy atom. The zero-order valence-corrected chi connectivity index (χ0v) is 9.56. The fourth-order valence-electron chi connectivity index (χ4n) is 1.60. The highest BCUT2D eigenvalue weighted by Gasteiger charge is 2.09. The fourth-order valence-corrected chi connectivity index (χ4v) is 2.68. The lowest BCUT2D eigenvalue weighted by molar-refractivity contribution is 0.630. The molecule has 1 unspecified atom stereocenters. The van der Waals surface area contributed by atoms with Gasteiger partial charge in [0.2, 0.25) is 0 Å². The van der Waals surface area contributed by atoms with Crippen LogP contribution in [0.4, 0.5) is 4.39 Å². The third-order valence-corrected chi connectivity index (χ3v) is 3.71. The lowest BCUT2D eigenvalue weighted by atomic mass is 10.1. The third kappa shape index (κ3) is 2.24. The molecule has 82 valence electrons. The maximum absolute atomic E-state index is 13.0. The first-order chi connectivity index (χ1) is 7.70. The van der Waals surface area contributed by atoms with Crippen molar-refractivity contribution >= 4 is 21.4 Å². The molecule has 2 rings (SSSR count). The third-order valence-electron chi connectivity index (χ3n) is 2.46. The van der Waals surface area contributed by atoms with E-state index in [9.17, 15) is 4.39 Å². The minimum atomic E-state index is -0.214. The molecule has 0 saturated carbocycles. The number of halogens is 1. The molecule has 0 saturated heterocycles. The fraction of sp³-hybridized carbons (Fsp3) is 0.231. The van der Waals surface area contributed by atoms with Crippen molar-refractivity contribution in [1.82, 2.24) is 0 Å². The number of thiophene rings is 1. The molecule has 0 radical (unpaired) electrons. The second-order valence-corrected chi connectivity index (χ2v) is 4.80. The number of hydrogen-bond acceptors (Lipinski definition) is 2. The van der Waals surface area contributed by atoms with Crippen LogP contribution in [0.3, 0.4) is 0 Å². The van der Waals surface area contributed by atoms with Crippen molar-refractivity contribution in [3.05, 3.63) is 35.0 Å². The summed E-state index contributed by atoms with van der Waals surface area (Å²) in [5.74, 6) is 2.36. The standard InChI is InChI=1S/C13H12FNS/c1-2-3-4-11(15)13-8-9-7-10(14)5-6-12(9)16-13/h1,5-8,11H,3-4,15H2. The van der Waals surface area contributed by atoms with Crippen LogP contribution in [0, 0.1) is 18.2 Å². The maximum Gasteiger partial charge on any atom is 0.123 e. The van der Waals surface area contributed by atoms with Gasteiger partial charge < -0.3 is 5.73 Å². The first-order valence-electron chi connectivity index (χ1n) is 5.09. The molecule has 0 amide bonds. The quantitative estimate of drug-likeness (QED) is 0.807. The lowest BCUT2D eigenvalue weighted by Crippen LogP contribution is -2.07. The molecule has 0 spiro atoms. The van der Waals surface area contributed by atoms with E-state index in [0.29, 0.717) is 6.42 Å². The Labute approximate surface area is 98.1 Å². The molecule has 0 aliphatic heterocycles. The Morgan fingerprint density at radius 1 is 1.44 bits per heavy atom. The second kappa shape index (κ2) is 4.65. The summed E-state index contributed by atoms with van der Waals surface area (Å²) in [6.07, 6.45) is 6.64. The van der Waals surface area contributed by atoms with Gasteiger partial charge in [0.1, 0.15) is 5.82 Å². The normalized spacial score (nSPS) is 12.6. The van der Waals surface area contributed by atoms with Crippen molar-refractivity contribution in [3.63, 3.8) is 0 Å². The van der Waals surface area contributed by atoms with E-state index in [1.54, 1.807) is 17.4 Å². The van der Waals surface area contributed by atoms with E-state index in [4.69, 9.17) is 12.2 Å². The van der Waals surface area contributed by atoms with E-state index in [0.717, 1.165) is 21.4 Å². The Hall–Kier alpha value is -1.37. The average molecular weight is 233 g/mol. The van der Waals surface area contributed by atoms with Crippen LogP contribution in [0.2, 0.25) is 0 Å². The number of rotatable bonds is 3. The van der Waals surface area contributed by atoms with Gasteiger partial charge in [0.05, 0.1) is 0 Å². The topological polar surface area (TPSA) is 26.0 Å². The highest BCUT2D eigenvalue weighted by Crippen LogP contribution is 2.31. The van der Waals surface area contributed by atoms with Crippen molar-refractivity contribution in [2.24, 2.45) is 5.73 Å². The highest BCUT2D eigenvalue weighted by molar-refractivity contribution is 7.19. The predicted octanol–water partition coefficient (Wildman–Crippen LogP) is 3.45. The van der Waals surface area contributed by atoms with Gasteiger partial charge in [0.25, 0.3) is 0 Å². The number of nitrogens with two attached hydrogens (primary N) is 1. The van der Waals surface area contributed by atoms with Crippen LogP contribution in [-0.2, 0) is 0 Å². The van der Waals surface area contributed by atoms with E-state index < -0.39 is 0 Å². The summed E-state index contributed by atoms with van der Waals surface area (Å²) in [5.41, 5.74) is 6.00. The number of terminal acetylenes is 1. The molecular weight excluding hydrogens is 221 g/mol. The van der Waals surface area contributed by atoms with Crippen LogP contribution in [0.5, 0.6) is 0 Å². The summed E-state index contributed by atoms with van der Waals surface area (Å²) < 4.78 is 14.1. The Balaban J connectivity index is 2.29. The SMILES string of the molecule is C#CCCC(N)c1cc2cc(F)ccc2s1. The second-order valence-electron chi connectivity index (χ2n) is 3.68. The molecule has 0 bridgehead atoms. The van der Waals surface area contributed by atoms with E-state index in [-0.39, 0.29) is 11.9 Å². The van der Waals surface area contributed by atoms with Gasteiger partial charge in [-0.1, -0.05) is 0 Å². The van der Waals surface area contributed by atoms with Crippen molar-refractivity contribution in [2.75, 3.05) is 0 Å². The molecular formula is C13H12FNS. The smallest absolute Gasteiger partial charge is 0.123 e. The minimum absolute atomic E-state index is 0.0449. The molecule has 1 aromatic carbocycles. The molecule has 3 heteroatoms. The van der Waals surface area contributed by atoms with Crippen molar-refractivity contribution in [3.8, 4) is 12.3 Å². The average Bonchev–Trinajstić information content (AvgIpc) is 2.68. The van der Waals surface area contributed by atoms with Gasteiger partial charge in [-0.15, -0.1) is 23.7 Å². The van der Waals surface area contributed by atoms with Gasteiger partial charge in [-0.05, 0) is 36.1 Å². The summed E-state index contributed by atoms with van der Waals surface area (Å²) in [6, 6.07) is 6.69. The summed E-state index contributed by atoms with van der Waals surface area (Å²) in [7, 11) is 0. The van der Waals surface area contributed by atoms with Crippen LogP contribution in [0.25, 0.3) is 10.1 Å². The minimum Gasteiger partial charge on any atom is -0.323 e. The monoisotopic (exact) mass is 233 g/mol. The van der Waals surface area contributed by atoms with E-state index in [2.05, 4.69) is 5.92 Å². The molecule has 2 aromatic rings. The molecule has 16 heavy (non-hydrogen) atoms. The van der Waals surface area contributed by atoms with Crippen LogP contribution in [0.15, 0.2) is 24.3 Å². The van der Waals surface area contributed by atoms with Gasteiger partial charge in [-0.2, -0.15) is 0 Å². The van der Waals surface area contributed by atoms with Crippen molar-refractivity contribution in [1.29, 1.82) is 0 Å².